The SMILES string of the molecule is COc1ccc(-n2cc(C(C)(C)N)nn2)cc1. The first-order valence-electron chi connectivity index (χ1n) is 5.37. The molecule has 5 heteroatoms. The standard InChI is InChI=1S/C12H16N4O/c1-12(2,13)11-8-16(15-14-11)9-4-6-10(17-3)7-5-9/h4-8H,13H2,1-3H3. The number of ether oxygens (including phenoxy) is 1. The minimum absolute atomic E-state index is 0.481. The van der Waals surface area contributed by atoms with Gasteiger partial charge in [0.1, 0.15) is 11.4 Å². The van der Waals surface area contributed by atoms with Gasteiger partial charge in [0.25, 0.3) is 0 Å². The van der Waals surface area contributed by atoms with Crippen molar-refractivity contribution < 1.29 is 4.74 Å². The van der Waals surface area contributed by atoms with E-state index in [1.165, 1.54) is 0 Å². The van der Waals surface area contributed by atoms with Gasteiger partial charge in [-0.3, -0.25) is 0 Å². The van der Waals surface area contributed by atoms with Gasteiger partial charge in [-0.05, 0) is 38.1 Å². The van der Waals surface area contributed by atoms with Gasteiger partial charge in [-0.25, -0.2) is 4.68 Å². The Morgan fingerprint density at radius 1 is 1.24 bits per heavy atom. The van der Waals surface area contributed by atoms with Crippen molar-refractivity contribution in [2.24, 2.45) is 5.73 Å². The van der Waals surface area contributed by atoms with E-state index in [-0.39, 0.29) is 0 Å². The quantitative estimate of drug-likeness (QED) is 0.870. The Kier molecular flexibility index (Phi) is 2.85. The number of benzene rings is 1. The van der Waals surface area contributed by atoms with Gasteiger partial charge in [-0.15, -0.1) is 5.10 Å². The Balaban J connectivity index is 2.30. The predicted molar refractivity (Wildman–Crippen MR) is 65.1 cm³/mol. The smallest absolute Gasteiger partial charge is 0.119 e. The van der Waals surface area contributed by atoms with E-state index in [1.807, 2.05) is 44.3 Å². The second kappa shape index (κ2) is 4.18. The molecule has 0 aliphatic rings. The molecule has 0 aliphatic carbocycles. The first-order valence-corrected chi connectivity index (χ1v) is 5.37. The molecule has 5 nitrogen and oxygen atoms in total. The summed E-state index contributed by atoms with van der Waals surface area (Å²) in [5, 5.41) is 8.12. The van der Waals surface area contributed by atoms with Crippen molar-refractivity contribution in [3.8, 4) is 11.4 Å². The second-order valence-corrected chi connectivity index (χ2v) is 4.47. The van der Waals surface area contributed by atoms with Gasteiger partial charge in [0, 0.05) is 0 Å². The largest absolute Gasteiger partial charge is 0.497 e. The van der Waals surface area contributed by atoms with Crippen LogP contribution >= 0.6 is 0 Å². The fourth-order valence-electron chi connectivity index (χ4n) is 1.42. The van der Waals surface area contributed by atoms with Crippen molar-refractivity contribution in [3.05, 3.63) is 36.2 Å². The lowest BCUT2D eigenvalue weighted by Crippen LogP contribution is -2.29. The summed E-state index contributed by atoms with van der Waals surface area (Å²) in [6.45, 7) is 3.80. The van der Waals surface area contributed by atoms with Gasteiger partial charge >= 0.3 is 0 Å². The van der Waals surface area contributed by atoms with E-state index in [0.29, 0.717) is 0 Å². The Hall–Kier alpha value is -1.88. The van der Waals surface area contributed by atoms with Crippen molar-refractivity contribution in [2.45, 2.75) is 19.4 Å². The number of methoxy groups -OCH3 is 1. The Bertz CT molecular complexity index is 496. The highest BCUT2D eigenvalue weighted by Gasteiger charge is 2.18. The number of rotatable bonds is 3. The summed E-state index contributed by atoms with van der Waals surface area (Å²) in [4.78, 5) is 0. The summed E-state index contributed by atoms with van der Waals surface area (Å²) in [7, 11) is 1.64. The van der Waals surface area contributed by atoms with Crippen LogP contribution in [-0.4, -0.2) is 22.1 Å². The van der Waals surface area contributed by atoms with Crippen LogP contribution in [-0.2, 0) is 5.54 Å². The molecule has 2 aromatic rings. The van der Waals surface area contributed by atoms with Gasteiger partial charge in [-0.2, -0.15) is 0 Å². The predicted octanol–water partition coefficient (Wildman–Crippen LogP) is 1.47. The molecular weight excluding hydrogens is 216 g/mol. The van der Waals surface area contributed by atoms with Crippen molar-refractivity contribution in [1.82, 2.24) is 15.0 Å². The molecule has 0 radical (unpaired) electrons. The zero-order chi connectivity index (χ0) is 12.5. The first-order chi connectivity index (χ1) is 8.00. The maximum absolute atomic E-state index is 5.96. The van der Waals surface area contributed by atoms with Gasteiger partial charge < -0.3 is 10.5 Å². The summed E-state index contributed by atoms with van der Waals surface area (Å²) >= 11 is 0. The number of hydrogen-bond acceptors (Lipinski definition) is 4. The fourth-order valence-corrected chi connectivity index (χ4v) is 1.42. The summed E-state index contributed by atoms with van der Waals surface area (Å²) in [5.74, 6) is 0.813. The Labute approximate surface area is 100 Å². The molecular formula is C12H16N4O. The average molecular weight is 232 g/mol. The van der Waals surface area contributed by atoms with Gasteiger partial charge in [-0.1, -0.05) is 5.21 Å². The molecule has 2 rings (SSSR count). The minimum atomic E-state index is -0.481. The lowest BCUT2D eigenvalue weighted by atomic mass is 10.0. The van der Waals surface area contributed by atoms with Crippen molar-refractivity contribution in [1.29, 1.82) is 0 Å². The molecule has 0 saturated carbocycles. The molecule has 0 spiro atoms. The van der Waals surface area contributed by atoms with Crippen LogP contribution in [0.1, 0.15) is 19.5 Å². The molecule has 1 aromatic carbocycles. The highest BCUT2D eigenvalue weighted by Crippen LogP contribution is 2.17. The third-order valence-corrected chi connectivity index (χ3v) is 2.49. The molecule has 1 heterocycles. The summed E-state index contributed by atoms with van der Waals surface area (Å²) < 4.78 is 6.80. The topological polar surface area (TPSA) is 66.0 Å². The minimum Gasteiger partial charge on any atom is -0.497 e. The molecule has 0 unspecified atom stereocenters. The molecule has 0 fully saturated rings. The van der Waals surface area contributed by atoms with E-state index < -0.39 is 5.54 Å². The molecule has 2 N–H and O–H groups in total. The number of nitrogens with two attached hydrogens (primary N) is 1. The van der Waals surface area contributed by atoms with Crippen molar-refractivity contribution >= 4 is 0 Å². The van der Waals surface area contributed by atoms with Gasteiger partial charge in [0.05, 0.1) is 24.5 Å². The maximum Gasteiger partial charge on any atom is 0.119 e. The van der Waals surface area contributed by atoms with Crippen LogP contribution in [0.4, 0.5) is 0 Å². The van der Waals surface area contributed by atoms with Crippen LogP contribution in [0.3, 0.4) is 0 Å². The normalized spacial score (nSPS) is 11.5. The molecule has 1 aromatic heterocycles. The van der Waals surface area contributed by atoms with E-state index in [0.717, 1.165) is 17.1 Å². The highest BCUT2D eigenvalue weighted by atomic mass is 16.5. The third-order valence-electron chi connectivity index (χ3n) is 2.49. The third kappa shape index (κ3) is 2.45. The summed E-state index contributed by atoms with van der Waals surface area (Å²) in [6, 6.07) is 7.59. The molecule has 0 amide bonds. The van der Waals surface area contributed by atoms with Crippen LogP contribution in [0.5, 0.6) is 5.75 Å². The molecule has 0 saturated heterocycles. The lowest BCUT2D eigenvalue weighted by molar-refractivity contribution is 0.414. The fraction of sp³-hybridized carbons (Fsp3) is 0.333. The Morgan fingerprint density at radius 2 is 1.88 bits per heavy atom. The number of hydrogen-bond donors (Lipinski definition) is 1. The van der Waals surface area contributed by atoms with Crippen LogP contribution < -0.4 is 10.5 Å². The zero-order valence-corrected chi connectivity index (χ0v) is 10.2. The Morgan fingerprint density at radius 3 is 2.35 bits per heavy atom. The molecule has 0 atom stereocenters. The number of aromatic nitrogens is 3. The van der Waals surface area contributed by atoms with E-state index in [4.69, 9.17) is 10.5 Å². The van der Waals surface area contributed by atoms with E-state index in [9.17, 15) is 0 Å². The van der Waals surface area contributed by atoms with Crippen molar-refractivity contribution in [3.63, 3.8) is 0 Å². The summed E-state index contributed by atoms with van der Waals surface area (Å²) in [6.07, 6.45) is 1.84. The van der Waals surface area contributed by atoms with E-state index in [2.05, 4.69) is 10.3 Å². The van der Waals surface area contributed by atoms with Crippen LogP contribution in [0.25, 0.3) is 5.69 Å². The number of nitrogens with zero attached hydrogens (tertiary/aromatic N) is 3. The van der Waals surface area contributed by atoms with Crippen LogP contribution in [0, 0.1) is 0 Å². The van der Waals surface area contributed by atoms with Gasteiger partial charge in [0.15, 0.2) is 0 Å². The molecule has 0 bridgehead atoms. The van der Waals surface area contributed by atoms with Crippen LogP contribution in [0.15, 0.2) is 30.5 Å². The maximum atomic E-state index is 5.96. The summed E-state index contributed by atoms with van der Waals surface area (Å²) in [5.41, 5.74) is 7.16. The molecule has 90 valence electrons. The lowest BCUT2D eigenvalue weighted by Gasteiger charge is -2.13. The monoisotopic (exact) mass is 232 g/mol. The zero-order valence-electron chi connectivity index (χ0n) is 10.2. The first kappa shape index (κ1) is 11.6. The highest BCUT2D eigenvalue weighted by molar-refractivity contribution is 5.36. The molecule has 17 heavy (non-hydrogen) atoms. The second-order valence-electron chi connectivity index (χ2n) is 4.47. The van der Waals surface area contributed by atoms with E-state index >= 15 is 0 Å². The van der Waals surface area contributed by atoms with Crippen LogP contribution in [0.2, 0.25) is 0 Å². The van der Waals surface area contributed by atoms with Crippen molar-refractivity contribution in [2.75, 3.05) is 7.11 Å². The van der Waals surface area contributed by atoms with Gasteiger partial charge in [0.2, 0.25) is 0 Å². The average Bonchev–Trinajstić information content (AvgIpc) is 2.78. The molecule has 0 aliphatic heterocycles. The van der Waals surface area contributed by atoms with E-state index in [1.54, 1.807) is 11.8 Å².